The van der Waals surface area contributed by atoms with E-state index in [0.717, 1.165) is 32.4 Å². The summed E-state index contributed by atoms with van der Waals surface area (Å²) in [7, 11) is 3.38. The van der Waals surface area contributed by atoms with Crippen molar-refractivity contribution in [3.05, 3.63) is 95.6 Å². The van der Waals surface area contributed by atoms with Gasteiger partial charge in [0, 0.05) is 46.8 Å². The number of carbonyl (C=O) groups is 3. The molecule has 34 heavy (non-hydrogen) atoms. The molecule has 0 spiro atoms. The summed E-state index contributed by atoms with van der Waals surface area (Å²) < 4.78 is 0. The molecule has 5 nitrogen and oxygen atoms in total. The van der Waals surface area contributed by atoms with Crippen LogP contribution in [0.2, 0.25) is 0 Å². The number of anilines is 1. The Morgan fingerprint density at radius 2 is 1.56 bits per heavy atom. The van der Waals surface area contributed by atoms with E-state index in [1.807, 2.05) is 54.6 Å². The summed E-state index contributed by atoms with van der Waals surface area (Å²) in [6.45, 7) is 0. The van der Waals surface area contributed by atoms with Gasteiger partial charge in [-0.15, -0.1) is 11.8 Å². The van der Waals surface area contributed by atoms with Gasteiger partial charge in [0.25, 0.3) is 5.91 Å². The molecule has 4 aromatic rings. The highest BCUT2D eigenvalue weighted by atomic mass is 32.2. The molecule has 0 aromatic heterocycles. The molecule has 0 heterocycles. The van der Waals surface area contributed by atoms with Crippen LogP contribution in [0.1, 0.15) is 26.3 Å². The van der Waals surface area contributed by atoms with E-state index < -0.39 is 0 Å². The predicted molar refractivity (Wildman–Crippen MR) is 137 cm³/mol. The molecule has 0 bridgehead atoms. The lowest BCUT2D eigenvalue weighted by Gasteiger charge is -2.21. The topological polar surface area (TPSA) is 66.5 Å². The SMILES string of the molecule is CN(C)C(=O)c1cccc(NC(=O)CSc2ccc3c4c(cccc24)C(=O)c2ccccc2-3)c1. The van der Waals surface area contributed by atoms with Crippen molar-refractivity contribution in [3.8, 4) is 11.1 Å². The van der Waals surface area contributed by atoms with Gasteiger partial charge in [0.15, 0.2) is 5.78 Å². The highest BCUT2D eigenvalue weighted by Gasteiger charge is 2.25. The van der Waals surface area contributed by atoms with Gasteiger partial charge in [-0.25, -0.2) is 0 Å². The Morgan fingerprint density at radius 3 is 2.35 bits per heavy atom. The summed E-state index contributed by atoms with van der Waals surface area (Å²) in [5, 5.41) is 4.78. The van der Waals surface area contributed by atoms with Crippen LogP contribution in [-0.4, -0.2) is 42.3 Å². The average molecular weight is 467 g/mol. The largest absolute Gasteiger partial charge is 0.345 e. The quantitative estimate of drug-likeness (QED) is 0.348. The first-order valence-corrected chi connectivity index (χ1v) is 11.9. The van der Waals surface area contributed by atoms with E-state index >= 15 is 0 Å². The maximum atomic E-state index is 13.1. The van der Waals surface area contributed by atoms with Crippen molar-refractivity contribution in [1.29, 1.82) is 0 Å². The van der Waals surface area contributed by atoms with Crippen molar-refractivity contribution in [2.45, 2.75) is 4.90 Å². The molecule has 0 aliphatic heterocycles. The lowest BCUT2D eigenvalue weighted by Crippen LogP contribution is -2.22. The smallest absolute Gasteiger partial charge is 0.253 e. The zero-order valence-electron chi connectivity index (χ0n) is 18.8. The minimum absolute atomic E-state index is 0.0285. The molecular formula is C28H22N2O3S. The van der Waals surface area contributed by atoms with E-state index in [2.05, 4.69) is 5.32 Å². The van der Waals surface area contributed by atoms with Crippen LogP contribution in [0.15, 0.2) is 83.8 Å². The van der Waals surface area contributed by atoms with E-state index in [-0.39, 0.29) is 23.4 Å². The first-order valence-electron chi connectivity index (χ1n) is 10.9. The van der Waals surface area contributed by atoms with Crippen molar-refractivity contribution >= 4 is 45.8 Å². The van der Waals surface area contributed by atoms with Crippen LogP contribution < -0.4 is 5.32 Å². The number of hydrogen-bond donors (Lipinski definition) is 1. The lowest BCUT2D eigenvalue weighted by molar-refractivity contribution is -0.113. The van der Waals surface area contributed by atoms with Gasteiger partial charge in [0.05, 0.1) is 5.75 Å². The number of benzene rings is 4. The number of thioether (sulfide) groups is 1. The molecule has 0 radical (unpaired) electrons. The summed E-state index contributed by atoms with van der Waals surface area (Å²) in [6.07, 6.45) is 0. The molecule has 1 N–H and O–H groups in total. The minimum Gasteiger partial charge on any atom is -0.345 e. The summed E-state index contributed by atoms with van der Waals surface area (Å²) in [5.74, 6) is -0.0535. The third-order valence-corrected chi connectivity index (χ3v) is 6.94. The van der Waals surface area contributed by atoms with Crippen molar-refractivity contribution in [3.63, 3.8) is 0 Å². The number of hydrogen-bond acceptors (Lipinski definition) is 4. The molecule has 0 saturated carbocycles. The van der Waals surface area contributed by atoms with Crippen LogP contribution in [0.25, 0.3) is 21.9 Å². The number of nitrogens with zero attached hydrogens (tertiary/aromatic N) is 1. The molecule has 0 fully saturated rings. The van der Waals surface area contributed by atoms with Gasteiger partial charge in [-0.2, -0.15) is 0 Å². The normalized spacial score (nSPS) is 11.8. The minimum atomic E-state index is -0.165. The number of rotatable bonds is 5. The fourth-order valence-corrected chi connectivity index (χ4v) is 5.16. The third-order valence-electron chi connectivity index (χ3n) is 5.87. The number of amides is 2. The number of ketones is 1. The molecule has 0 atom stereocenters. The van der Waals surface area contributed by atoms with Gasteiger partial charge >= 0.3 is 0 Å². The zero-order chi connectivity index (χ0) is 23.8. The van der Waals surface area contributed by atoms with Crippen LogP contribution >= 0.6 is 11.8 Å². The molecule has 1 aliphatic carbocycles. The highest BCUT2D eigenvalue weighted by molar-refractivity contribution is 8.00. The number of fused-ring (bicyclic) bond motifs is 2. The van der Waals surface area contributed by atoms with Gasteiger partial charge in [-0.1, -0.05) is 54.6 Å². The molecule has 0 saturated heterocycles. The molecule has 1 aliphatic rings. The van der Waals surface area contributed by atoms with Gasteiger partial charge < -0.3 is 10.2 Å². The summed E-state index contributed by atoms with van der Waals surface area (Å²) in [4.78, 5) is 40.4. The van der Waals surface area contributed by atoms with Crippen molar-refractivity contribution in [1.82, 2.24) is 4.90 Å². The van der Waals surface area contributed by atoms with Crippen LogP contribution in [0.3, 0.4) is 0 Å². The predicted octanol–water partition coefficient (Wildman–Crippen LogP) is 5.48. The maximum Gasteiger partial charge on any atom is 0.253 e. The standard InChI is InChI=1S/C28H22N2O3S/c1-30(2)28(33)17-7-5-8-18(15-17)29-25(31)16-34-24-14-13-20-19-9-3-4-10-21(19)27(32)23-12-6-11-22(24)26(20)23/h3-15H,16H2,1-2H3,(H,29,31). The molecule has 2 amide bonds. The molecule has 5 rings (SSSR count). The van der Waals surface area contributed by atoms with E-state index in [4.69, 9.17) is 0 Å². The maximum absolute atomic E-state index is 13.1. The second-order valence-corrected chi connectivity index (χ2v) is 9.35. The van der Waals surface area contributed by atoms with E-state index in [1.165, 1.54) is 16.7 Å². The monoisotopic (exact) mass is 466 g/mol. The molecular weight excluding hydrogens is 444 g/mol. The summed E-state index contributed by atoms with van der Waals surface area (Å²) in [5.41, 5.74) is 4.49. The zero-order valence-corrected chi connectivity index (χ0v) is 19.6. The average Bonchev–Trinajstić information content (AvgIpc) is 2.85. The van der Waals surface area contributed by atoms with Gasteiger partial charge in [0.2, 0.25) is 5.91 Å². The third kappa shape index (κ3) is 3.86. The Morgan fingerprint density at radius 1 is 0.824 bits per heavy atom. The van der Waals surface area contributed by atoms with Crippen molar-refractivity contribution in [2.24, 2.45) is 0 Å². The van der Waals surface area contributed by atoms with Crippen LogP contribution in [0, 0.1) is 0 Å². The highest BCUT2D eigenvalue weighted by Crippen LogP contribution is 2.42. The first-order chi connectivity index (χ1) is 16.4. The molecule has 6 heteroatoms. The molecule has 0 unspecified atom stereocenters. The van der Waals surface area contributed by atoms with Gasteiger partial charge in [-0.05, 0) is 40.8 Å². The Bertz CT molecular complexity index is 1480. The molecule has 168 valence electrons. The summed E-state index contributed by atoms with van der Waals surface area (Å²) >= 11 is 1.43. The Kier molecular flexibility index (Phi) is 5.67. The van der Waals surface area contributed by atoms with Crippen LogP contribution in [0.4, 0.5) is 5.69 Å². The van der Waals surface area contributed by atoms with Crippen molar-refractivity contribution < 1.29 is 14.4 Å². The van der Waals surface area contributed by atoms with Gasteiger partial charge in [-0.3, -0.25) is 14.4 Å². The second-order valence-electron chi connectivity index (χ2n) is 8.33. The van der Waals surface area contributed by atoms with E-state index in [0.29, 0.717) is 16.8 Å². The Labute approximate surface area is 201 Å². The lowest BCUT2D eigenvalue weighted by atomic mass is 9.83. The van der Waals surface area contributed by atoms with Crippen molar-refractivity contribution in [2.75, 3.05) is 25.2 Å². The Balaban J connectivity index is 1.39. The van der Waals surface area contributed by atoms with E-state index in [1.54, 1.807) is 38.4 Å². The Hall–Kier alpha value is -3.90. The second kappa shape index (κ2) is 8.80. The number of nitrogens with one attached hydrogen (secondary N) is 1. The number of carbonyl (C=O) groups excluding carboxylic acids is 3. The van der Waals surface area contributed by atoms with Crippen LogP contribution in [0.5, 0.6) is 0 Å². The first kappa shape index (κ1) is 21.9. The fourth-order valence-electron chi connectivity index (χ4n) is 4.31. The fraction of sp³-hybridized carbons (Fsp3) is 0.107. The van der Waals surface area contributed by atoms with E-state index in [9.17, 15) is 14.4 Å². The van der Waals surface area contributed by atoms with Crippen LogP contribution in [-0.2, 0) is 4.79 Å². The van der Waals surface area contributed by atoms with Gasteiger partial charge in [0.1, 0.15) is 0 Å². The molecule has 4 aromatic carbocycles. The summed E-state index contributed by atoms with van der Waals surface area (Å²) in [6, 6.07) is 24.4.